The molecule has 4 N–H and O–H groups in total. The highest BCUT2D eigenvalue weighted by molar-refractivity contribution is 5.87. The Morgan fingerprint density at radius 1 is 0.686 bits per heavy atom. The largest absolute Gasteiger partial charge is 0.480 e. The Morgan fingerprint density at radius 2 is 1.06 bits per heavy atom. The van der Waals surface area contributed by atoms with Gasteiger partial charge < -0.3 is 39.9 Å². The zero-order valence-electron chi connectivity index (χ0n) is 29.6. The molecule has 2 aromatic carbocycles. The Balaban J connectivity index is 0.000000160. The first-order valence-electron chi connectivity index (χ1n) is 18.3. The normalized spacial score (nSPS) is 29.3. The fraction of sp³-hybridized carbons (Fsp3) is 0.590. The molecule has 5 fully saturated rings. The maximum Gasteiger partial charge on any atom is 0.326 e. The first-order valence-corrected chi connectivity index (χ1v) is 18.3. The van der Waals surface area contributed by atoms with Gasteiger partial charge >= 0.3 is 17.9 Å². The van der Waals surface area contributed by atoms with E-state index in [-0.39, 0.29) is 43.3 Å². The number of carboxylic acids is 1. The molecule has 1 amide bonds. The number of aliphatic hydroxyl groups excluding tert-OH is 2. The molecule has 4 bridgehead atoms. The number of aliphatic carboxylic acids is 1. The standard InChI is InChI=1S/2C17H23NO3.C5H7NO3/c2*1-18-13-7-8-14(18)10-15(9-13)21-17(20)16(11-19)12-5-3-2-4-6-12;7-4-2-1-3(6-4)5(8)9/h2*2-6,13-16,19H,7-11H2,1H3;3H,1-2H2,(H,6,7)(H,8,9)/t;;3-/m..0/s1. The number of hydrogen-bond donors (Lipinski definition) is 4. The first-order chi connectivity index (χ1) is 24.6. The smallest absolute Gasteiger partial charge is 0.326 e. The highest BCUT2D eigenvalue weighted by atomic mass is 16.5. The zero-order chi connectivity index (χ0) is 36.5. The van der Waals surface area contributed by atoms with Crippen molar-refractivity contribution in [2.45, 2.75) is 118 Å². The maximum absolute atomic E-state index is 12.4. The molecule has 0 aromatic heterocycles. The van der Waals surface area contributed by atoms with Crippen molar-refractivity contribution in [1.82, 2.24) is 15.1 Å². The first kappa shape index (κ1) is 38.4. The zero-order valence-corrected chi connectivity index (χ0v) is 29.6. The molecule has 2 aromatic rings. The Hall–Kier alpha value is -3.84. The van der Waals surface area contributed by atoms with Crippen molar-refractivity contribution in [2.24, 2.45) is 0 Å². The summed E-state index contributed by atoms with van der Waals surface area (Å²) in [5, 5.41) is 29.7. The molecule has 6 unspecified atom stereocenters. The summed E-state index contributed by atoms with van der Waals surface area (Å²) in [5.41, 5.74) is 1.64. The average Bonchev–Trinajstić information content (AvgIpc) is 3.70. The van der Waals surface area contributed by atoms with E-state index in [4.69, 9.17) is 14.6 Å². The minimum absolute atomic E-state index is 0.00367. The number of esters is 2. The van der Waals surface area contributed by atoms with Crippen LogP contribution in [0.2, 0.25) is 0 Å². The predicted octanol–water partition coefficient (Wildman–Crippen LogP) is 3.21. The Labute approximate surface area is 300 Å². The number of carboxylic acid groups (broad SMARTS) is 1. The molecule has 7 rings (SSSR count). The molecule has 0 spiro atoms. The van der Waals surface area contributed by atoms with Gasteiger partial charge in [-0.25, -0.2) is 4.79 Å². The van der Waals surface area contributed by atoms with E-state index < -0.39 is 23.8 Å². The van der Waals surface area contributed by atoms with E-state index >= 15 is 0 Å². The topological polar surface area (TPSA) is 166 Å². The van der Waals surface area contributed by atoms with E-state index in [1.807, 2.05) is 60.7 Å². The van der Waals surface area contributed by atoms with Crippen LogP contribution in [0.25, 0.3) is 0 Å². The summed E-state index contributed by atoms with van der Waals surface area (Å²) in [5.74, 6) is -2.83. The number of carbonyl (C=O) groups excluding carboxylic acids is 3. The summed E-state index contributed by atoms with van der Waals surface area (Å²) in [7, 11) is 4.34. The SMILES string of the molecule is CN1C2CCC1CC(OC(=O)C(CO)c1ccccc1)C2.CN1C2CCC1CC(OC(=O)C(CO)c1ccccc1)C2.O=C1CC[C@@H](C(=O)O)N1. The second-order valence-electron chi connectivity index (χ2n) is 14.5. The Kier molecular flexibility index (Phi) is 13.6. The second kappa shape index (κ2) is 18.1. The van der Waals surface area contributed by atoms with Crippen LogP contribution in [0.5, 0.6) is 0 Å². The van der Waals surface area contributed by atoms with Gasteiger partial charge in [0, 0.05) is 30.6 Å². The van der Waals surface area contributed by atoms with Gasteiger partial charge in [0.1, 0.15) is 30.1 Å². The van der Waals surface area contributed by atoms with Crippen molar-refractivity contribution in [3.8, 4) is 0 Å². The van der Waals surface area contributed by atoms with Gasteiger partial charge in [0.15, 0.2) is 0 Å². The molecule has 51 heavy (non-hydrogen) atoms. The van der Waals surface area contributed by atoms with Crippen molar-refractivity contribution in [2.75, 3.05) is 27.3 Å². The fourth-order valence-electron chi connectivity index (χ4n) is 8.21. The summed E-state index contributed by atoms with van der Waals surface area (Å²) in [6, 6.07) is 20.3. The second-order valence-corrected chi connectivity index (χ2v) is 14.5. The van der Waals surface area contributed by atoms with E-state index in [1.54, 1.807) is 0 Å². The highest BCUT2D eigenvalue weighted by Crippen LogP contribution is 2.37. The van der Waals surface area contributed by atoms with Gasteiger partial charge in [-0.05, 0) is 83.0 Å². The molecule has 7 atom stereocenters. The molecule has 278 valence electrons. The summed E-state index contributed by atoms with van der Waals surface area (Å²) in [4.78, 5) is 50.1. The van der Waals surface area contributed by atoms with Crippen LogP contribution in [-0.2, 0) is 28.7 Å². The van der Waals surface area contributed by atoms with Crippen LogP contribution in [0.3, 0.4) is 0 Å². The third-order valence-corrected chi connectivity index (χ3v) is 11.3. The average molecular weight is 708 g/mol. The van der Waals surface area contributed by atoms with Crippen molar-refractivity contribution in [1.29, 1.82) is 0 Å². The van der Waals surface area contributed by atoms with E-state index in [2.05, 4.69) is 29.2 Å². The number of carbonyl (C=O) groups is 4. The van der Waals surface area contributed by atoms with Crippen LogP contribution in [0, 0.1) is 0 Å². The lowest BCUT2D eigenvalue weighted by atomic mass is 9.98. The van der Waals surface area contributed by atoms with Crippen molar-refractivity contribution < 1.29 is 44.0 Å². The lowest BCUT2D eigenvalue weighted by Crippen LogP contribution is -2.43. The van der Waals surface area contributed by atoms with Crippen LogP contribution in [0.15, 0.2) is 60.7 Å². The van der Waals surface area contributed by atoms with Crippen LogP contribution >= 0.6 is 0 Å². The third kappa shape index (κ3) is 9.94. The van der Waals surface area contributed by atoms with Crippen LogP contribution < -0.4 is 5.32 Å². The van der Waals surface area contributed by atoms with Gasteiger partial charge in [0.2, 0.25) is 5.91 Å². The van der Waals surface area contributed by atoms with Gasteiger partial charge in [0.25, 0.3) is 0 Å². The van der Waals surface area contributed by atoms with Crippen LogP contribution in [0.1, 0.15) is 87.2 Å². The number of benzene rings is 2. The monoisotopic (exact) mass is 707 g/mol. The van der Waals surface area contributed by atoms with Crippen molar-refractivity contribution in [3.63, 3.8) is 0 Å². The molecule has 12 nitrogen and oxygen atoms in total. The molecular weight excluding hydrogens is 654 g/mol. The van der Waals surface area contributed by atoms with Gasteiger partial charge in [0.05, 0.1) is 13.2 Å². The van der Waals surface area contributed by atoms with Gasteiger partial charge in [-0.1, -0.05) is 60.7 Å². The van der Waals surface area contributed by atoms with Crippen molar-refractivity contribution in [3.05, 3.63) is 71.8 Å². The fourth-order valence-corrected chi connectivity index (χ4v) is 8.21. The number of ether oxygens (including phenoxy) is 2. The molecule has 12 heteroatoms. The minimum atomic E-state index is -0.944. The molecule has 5 aliphatic heterocycles. The highest BCUT2D eigenvalue weighted by Gasteiger charge is 2.41. The number of piperidine rings is 2. The van der Waals surface area contributed by atoms with Crippen LogP contribution in [-0.4, -0.2) is 119 Å². The number of nitrogens with one attached hydrogen (secondary N) is 1. The van der Waals surface area contributed by atoms with E-state index in [0.29, 0.717) is 37.0 Å². The Bertz CT molecular complexity index is 1340. The number of hydrogen-bond acceptors (Lipinski definition) is 10. The summed E-state index contributed by atoms with van der Waals surface area (Å²) >= 11 is 0. The lowest BCUT2D eigenvalue weighted by Gasteiger charge is -2.36. The summed E-state index contributed by atoms with van der Waals surface area (Å²) < 4.78 is 11.4. The lowest BCUT2D eigenvalue weighted by molar-refractivity contribution is -0.156. The number of aliphatic hydroxyl groups is 2. The molecule has 5 saturated heterocycles. The number of amides is 1. The maximum atomic E-state index is 12.4. The van der Waals surface area contributed by atoms with Gasteiger partial charge in [-0.15, -0.1) is 0 Å². The summed E-state index contributed by atoms with van der Waals surface area (Å²) in [6.07, 6.45) is 9.29. The van der Waals surface area contributed by atoms with Crippen LogP contribution in [0.4, 0.5) is 0 Å². The van der Waals surface area contributed by atoms with E-state index in [9.17, 15) is 29.4 Å². The molecule has 0 aliphatic carbocycles. The molecular formula is C39H53N3O9. The number of fused-ring (bicyclic) bond motifs is 4. The predicted molar refractivity (Wildman–Crippen MR) is 189 cm³/mol. The molecule has 0 radical (unpaired) electrons. The number of nitrogens with zero attached hydrogens (tertiary/aromatic N) is 2. The van der Waals surface area contributed by atoms with E-state index in [1.165, 1.54) is 25.7 Å². The quantitative estimate of drug-likeness (QED) is 0.283. The van der Waals surface area contributed by atoms with E-state index in [0.717, 1.165) is 36.8 Å². The number of rotatable bonds is 9. The van der Waals surface area contributed by atoms with Crippen molar-refractivity contribution >= 4 is 23.8 Å². The minimum Gasteiger partial charge on any atom is -0.480 e. The molecule has 5 aliphatic rings. The third-order valence-electron chi connectivity index (χ3n) is 11.3. The Morgan fingerprint density at radius 3 is 1.33 bits per heavy atom. The van der Waals surface area contributed by atoms with Gasteiger partial charge in [-0.2, -0.15) is 0 Å². The molecule has 5 heterocycles. The summed E-state index contributed by atoms with van der Waals surface area (Å²) in [6.45, 7) is -0.412. The van der Waals surface area contributed by atoms with Gasteiger partial charge in [-0.3, -0.25) is 14.4 Å². The molecule has 0 saturated carbocycles.